The molecule has 0 unspecified atom stereocenters. The van der Waals surface area contributed by atoms with Crippen molar-refractivity contribution in [2.45, 2.75) is 13.3 Å². The van der Waals surface area contributed by atoms with Gasteiger partial charge in [0.05, 0.1) is 4.88 Å². The van der Waals surface area contributed by atoms with Gasteiger partial charge in [0.2, 0.25) is 0 Å². The molecule has 74 valence electrons. The lowest BCUT2D eigenvalue weighted by Crippen LogP contribution is -1.89. The fourth-order valence-electron chi connectivity index (χ4n) is 1.26. The molecule has 2 aromatic rings. The lowest BCUT2D eigenvalue weighted by atomic mass is 10.3. The van der Waals surface area contributed by atoms with Gasteiger partial charge >= 0.3 is 0 Å². The second kappa shape index (κ2) is 3.67. The molecule has 0 spiro atoms. The zero-order valence-electron chi connectivity index (χ0n) is 8.07. The fourth-order valence-corrected chi connectivity index (χ4v) is 2.36. The summed E-state index contributed by atoms with van der Waals surface area (Å²) in [6, 6.07) is 4.23. The van der Waals surface area contributed by atoms with Crippen LogP contribution < -0.4 is 0 Å². The van der Waals surface area contributed by atoms with E-state index in [-0.39, 0.29) is 0 Å². The number of aromatic nitrogens is 3. The number of aryl methyl sites for hydroxylation is 1. The average molecular weight is 225 g/mol. The Morgan fingerprint density at radius 3 is 2.86 bits per heavy atom. The van der Waals surface area contributed by atoms with Crippen LogP contribution in [0.1, 0.15) is 11.8 Å². The molecule has 2 heterocycles. The van der Waals surface area contributed by atoms with Crippen LogP contribution in [-0.4, -0.2) is 14.8 Å². The SMILES string of the molecule is CCc1ccc(-c2n[nH]c(=S)n2C)s1. The summed E-state index contributed by atoms with van der Waals surface area (Å²) in [4.78, 5) is 2.53. The Balaban J connectivity index is 2.49. The molecule has 3 nitrogen and oxygen atoms in total. The molecule has 0 saturated carbocycles. The van der Waals surface area contributed by atoms with Gasteiger partial charge in [0.15, 0.2) is 10.6 Å². The number of rotatable bonds is 2. The number of hydrogen-bond donors (Lipinski definition) is 1. The van der Waals surface area contributed by atoms with Crippen molar-refractivity contribution >= 4 is 23.6 Å². The first-order valence-electron chi connectivity index (χ1n) is 4.43. The molecule has 0 aliphatic carbocycles. The van der Waals surface area contributed by atoms with Crippen LogP contribution in [0.5, 0.6) is 0 Å². The van der Waals surface area contributed by atoms with Gasteiger partial charge in [-0.3, -0.25) is 5.10 Å². The molecule has 1 N–H and O–H groups in total. The summed E-state index contributed by atoms with van der Waals surface area (Å²) in [5, 5.41) is 6.97. The summed E-state index contributed by atoms with van der Waals surface area (Å²) >= 11 is 6.82. The highest BCUT2D eigenvalue weighted by atomic mass is 32.1. The van der Waals surface area contributed by atoms with Crippen LogP contribution in [0.25, 0.3) is 10.7 Å². The Hall–Kier alpha value is -0.940. The van der Waals surface area contributed by atoms with Crippen molar-refractivity contribution in [1.82, 2.24) is 14.8 Å². The van der Waals surface area contributed by atoms with Crippen molar-refractivity contribution in [3.8, 4) is 10.7 Å². The summed E-state index contributed by atoms with van der Waals surface area (Å²) in [6.07, 6.45) is 1.07. The third kappa shape index (κ3) is 1.53. The molecule has 0 aliphatic rings. The maximum absolute atomic E-state index is 5.06. The van der Waals surface area contributed by atoms with Crippen molar-refractivity contribution in [3.05, 3.63) is 21.8 Å². The first kappa shape index (κ1) is 9.61. The molecule has 0 aliphatic heterocycles. The number of thiophene rings is 1. The third-order valence-electron chi connectivity index (χ3n) is 2.11. The highest BCUT2D eigenvalue weighted by Gasteiger charge is 2.07. The van der Waals surface area contributed by atoms with Crippen LogP contribution in [0.15, 0.2) is 12.1 Å². The monoisotopic (exact) mass is 225 g/mol. The smallest absolute Gasteiger partial charge is 0.195 e. The highest BCUT2D eigenvalue weighted by molar-refractivity contribution is 7.71. The van der Waals surface area contributed by atoms with E-state index in [0.29, 0.717) is 4.77 Å². The minimum atomic E-state index is 0.659. The van der Waals surface area contributed by atoms with E-state index in [9.17, 15) is 0 Å². The molecule has 14 heavy (non-hydrogen) atoms. The van der Waals surface area contributed by atoms with Gasteiger partial charge in [-0.25, -0.2) is 0 Å². The van der Waals surface area contributed by atoms with Crippen LogP contribution in [0.3, 0.4) is 0 Å². The van der Waals surface area contributed by atoms with E-state index in [2.05, 4.69) is 29.3 Å². The zero-order chi connectivity index (χ0) is 10.1. The van der Waals surface area contributed by atoms with E-state index >= 15 is 0 Å². The normalized spacial score (nSPS) is 10.7. The minimum Gasteiger partial charge on any atom is -0.303 e. The molecular weight excluding hydrogens is 214 g/mol. The number of nitrogens with zero attached hydrogens (tertiary/aromatic N) is 2. The Morgan fingerprint density at radius 1 is 1.57 bits per heavy atom. The van der Waals surface area contributed by atoms with Crippen LogP contribution in [0.4, 0.5) is 0 Å². The number of hydrogen-bond acceptors (Lipinski definition) is 3. The predicted molar refractivity (Wildman–Crippen MR) is 61.1 cm³/mol. The lowest BCUT2D eigenvalue weighted by molar-refractivity contribution is 0.904. The Labute approximate surface area is 91.4 Å². The van der Waals surface area contributed by atoms with Crippen LogP contribution in [0, 0.1) is 4.77 Å². The standard InChI is InChI=1S/C9H11N3S2/c1-3-6-4-5-7(14-6)8-10-11-9(13)12(8)2/h4-5H,3H2,1-2H3,(H,11,13). The van der Waals surface area contributed by atoms with Gasteiger partial charge in [0.1, 0.15) is 0 Å². The summed E-state index contributed by atoms with van der Waals surface area (Å²) < 4.78 is 2.55. The van der Waals surface area contributed by atoms with Gasteiger partial charge in [-0.05, 0) is 30.8 Å². The van der Waals surface area contributed by atoms with Gasteiger partial charge in [-0.1, -0.05) is 6.92 Å². The first-order chi connectivity index (χ1) is 6.72. The second-order valence-electron chi connectivity index (χ2n) is 3.03. The molecule has 0 radical (unpaired) electrons. The summed E-state index contributed by atoms with van der Waals surface area (Å²) in [7, 11) is 1.92. The van der Waals surface area contributed by atoms with Crippen molar-refractivity contribution in [3.63, 3.8) is 0 Å². The maximum Gasteiger partial charge on any atom is 0.195 e. The van der Waals surface area contributed by atoms with Crippen LogP contribution in [0.2, 0.25) is 0 Å². The Kier molecular flexibility index (Phi) is 2.52. The van der Waals surface area contributed by atoms with Gasteiger partial charge in [-0.15, -0.1) is 11.3 Å². The number of H-pyrrole nitrogens is 1. The molecule has 5 heteroatoms. The van der Waals surface area contributed by atoms with Crippen molar-refractivity contribution in [1.29, 1.82) is 0 Å². The second-order valence-corrected chi connectivity index (χ2v) is 4.59. The average Bonchev–Trinajstić information content (AvgIpc) is 2.75. The van der Waals surface area contributed by atoms with E-state index in [1.165, 1.54) is 4.88 Å². The zero-order valence-corrected chi connectivity index (χ0v) is 9.71. The van der Waals surface area contributed by atoms with E-state index in [1.807, 2.05) is 11.6 Å². The highest BCUT2D eigenvalue weighted by Crippen LogP contribution is 2.26. The molecule has 2 rings (SSSR count). The molecule has 0 saturated heterocycles. The third-order valence-corrected chi connectivity index (χ3v) is 3.70. The first-order valence-corrected chi connectivity index (χ1v) is 5.65. The molecule has 0 aromatic carbocycles. The van der Waals surface area contributed by atoms with Crippen molar-refractivity contribution in [2.75, 3.05) is 0 Å². The summed E-state index contributed by atoms with van der Waals surface area (Å²) in [6.45, 7) is 2.15. The molecule has 2 aromatic heterocycles. The minimum absolute atomic E-state index is 0.659. The largest absolute Gasteiger partial charge is 0.303 e. The van der Waals surface area contributed by atoms with Crippen LogP contribution in [-0.2, 0) is 13.5 Å². The van der Waals surface area contributed by atoms with E-state index < -0.39 is 0 Å². The molecular formula is C9H11N3S2. The van der Waals surface area contributed by atoms with Gasteiger partial charge in [-0.2, -0.15) is 5.10 Å². The molecule has 0 fully saturated rings. The quantitative estimate of drug-likeness (QED) is 0.797. The number of aromatic amines is 1. The summed E-state index contributed by atoms with van der Waals surface area (Å²) in [5.74, 6) is 0.916. The molecule has 0 atom stereocenters. The summed E-state index contributed by atoms with van der Waals surface area (Å²) in [5.41, 5.74) is 0. The molecule has 0 amide bonds. The predicted octanol–water partition coefficient (Wildman–Crippen LogP) is 2.77. The topological polar surface area (TPSA) is 33.6 Å². The Morgan fingerprint density at radius 2 is 2.36 bits per heavy atom. The molecule has 0 bridgehead atoms. The number of nitrogens with one attached hydrogen (secondary N) is 1. The van der Waals surface area contributed by atoms with E-state index in [4.69, 9.17) is 12.2 Å². The maximum atomic E-state index is 5.06. The van der Waals surface area contributed by atoms with E-state index in [0.717, 1.165) is 17.1 Å². The van der Waals surface area contributed by atoms with Crippen molar-refractivity contribution in [2.24, 2.45) is 7.05 Å². The van der Waals surface area contributed by atoms with Crippen LogP contribution >= 0.6 is 23.6 Å². The fraction of sp³-hybridized carbons (Fsp3) is 0.333. The van der Waals surface area contributed by atoms with Crippen molar-refractivity contribution < 1.29 is 0 Å². The Bertz CT molecular complexity index is 492. The lowest BCUT2D eigenvalue weighted by Gasteiger charge is -1.94. The van der Waals surface area contributed by atoms with Gasteiger partial charge in [0.25, 0.3) is 0 Å². The van der Waals surface area contributed by atoms with E-state index in [1.54, 1.807) is 11.3 Å². The van der Waals surface area contributed by atoms with Gasteiger partial charge < -0.3 is 4.57 Å². The van der Waals surface area contributed by atoms with Gasteiger partial charge in [0, 0.05) is 11.9 Å².